The number of hydrogen-bond acceptors (Lipinski definition) is 3. The highest BCUT2D eigenvalue weighted by Gasteiger charge is 2.53. The van der Waals surface area contributed by atoms with Crippen molar-refractivity contribution in [1.29, 1.82) is 0 Å². The molecule has 2 heterocycles. The minimum Gasteiger partial charge on any atom is -0.456 e. The molecule has 1 unspecified atom stereocenters. The summed E-state index contributed by atoms with van der Waals surface area (Å²) in [5.41, 5.74) is 3.39. The van der Waals surface area contributed by atoms with Gasteiger partial charge in [0.15, 0.2) is 5.60 Å². The summed E-state index contributed by atoms with van der Waals surface area (Å²) in [6.07, 6.45) is 0. The molecule has 0 saturated carbocycles. The molecule has 0 fully saturated rings. The molecule has 28 heavy (non-hydrogen) atoms. The van der Waals surface area contributed by atoms with Crippen LogP contribution in [0.4, 0.5) is 0 Å². The number of ether oxygens (including phenoxy) is 2. The molecule has 1 spiro atoms. The molecule has 4 aromatic rings. The molecule has 134 valence electrons. The van der Waals surface area contributed by atoms with Crippen molar-refractivity contribution in [3.8, 4) is 11.5 Å². The predicted octanol–water partition coefficient (Wildman–Crippen LogP) is 5.72. The predicted molar refractivity (Wildman–Crippen MR) is 107 cm³/mol. The van der Waals surface area contributed by atoms with Gasteiger partial charge in [0.25, 0.3) is 0 Å². The lowest BCUT2D eigenvalue weighted by atomic mass is 9.77. The number of para-hydroxylation sites is 1. The van der Waals surface area contributed by atoms with Crippen molar-refractivity contribution in [2.45, 2.75) is 12.5 Å². The first kappa shape index (κ1) is 15.5. The third kappa shape index (κ3) is 1.81. The monoisotopic (exact) mass is 364 g/mol. The van der Waals surface area contributed by atoms with Crippen LogP contribution in [-0.2, 0) is 10.3 Å². The molecular weight excluding hydrogens is 348 g/mol. The van der Waals surface area contributed by atoms with Crippen molar-refractivity contribution < 1.29 is 14.3 Å². The molecule has 0 N–H and O–H groups in total. The highest BCUT2D eigenvalue weighted by molar-refractivity contribution is 5.98. The number of carbonyl (C=O) groups excluding carboxylic acids is 1. The Morgan fingerprint density at radius 3 is 2.46 bits per heavy atom. The van der Waals surface area contributed by atoms with E-state index in [2.05, 4.69) is 31.2 Å². The van der Waals surface area contributed by atoms with Crippen molar-refractivity contribution in [2.24, 2.45) is 0 Å². The highest BCUT2D eigenvalue weighted by Crippen LogP contribution is 2.57. The van der Waals surface area contributed by atoms with Crippen molar-refractivity contribution in [3.05, 3.63) is 107 Å². The summed E-state index contributed by atoms with van der Waals surface area (Å²) in [7, 11) is 0. The second-order valence-corrected chi connectivity index (χ2v) is 7.38. The fourth-order valence-electron chi connectivity index (χ4n) is 4.53. The van der Waals surface area contributed by atoms with E-state index in [-0.39, 0.29) is 5.97 Å². The zero-order chi connectivity index (χ0) is 18.9. The Morgan fingerprint density at radius 1 is 0.786 bits per heavy atom. The molecule has 3 heteroatoms. The third-order valence-corrected chi connectivity index (χ3v) is 5.76. The first-order valence-electron chi connectivity index (χ1n) is 9.32. The van der Waals surface area contributed by atoms with E-state index in [1.165, 1.54) is 5.56 Å². The average Bonchev–Trinajstić information content (AvgIpc) is 3.01. The normalized spacial score (nSPS) is 19.0. The van der Waals surface area contributed by atoms with Crippen LogP contribution in [0.1, 0.15) is 32.6 Å². The van der Waals surface area contributed by atoms with Gasteiger partial charge >= 0.3 is 5.97 Å². The van der Waals surface area contributed by atoms with Gasteiger partial charge in [0, 0.05) is 22.1 Å². The van der Waals surface area contributed by atoms with E-state index < -0.39 is 5.60 Å². The topological polar surface area (TPSA) is 35.5 Å². The summed E-state index contributed by atoms with van der Waals surface area (Å²) >= 11 is 0. The van der Waals surface area contributed by atoms with Crippen molar-refractivity contribution in [3.63, 3.8) is 0 Å². The van der Waals surface area contributed by atoms with E-state index in [0.29, 0.717) is 11.3 Å². The van der Waals surface area contributed by atoms with E-state index in [4.69, 9.17) is 9.47 Å². The number of esters is 1. The van der Waals surface area contributed by atoms with E-state index in [9.17, 15) is 4.79 Å². The number of aryl methyl sites for hydroxylation is 1. The van der Waals surface area contributed by atoms with Gasteiger partial charge in [-0.3, -0.25) is 0 Å². The molecule has 2 aliphatic heterocycles. The Labute approximate surface area is 162 Å². The molecule has 0 amide bonds. The van der Waals surface area contributed by atoms with Gasteiger partial charge in [0.2, 0.25) is 0 Å². The number of hydrogen-bond donors (Lipinski definition) is 0. The van der Waals surface area contributed by atoms with Crippen LogP contribution in [-0.4, -0.2) is 5.97 Å². The largest absolute Gasteiger partial charge is 0.456 e. The molecule has 2 aliphatic rings. The highest BCUT2D eigenvalue weighted by atomic mass is 16.6. The van der Waals surface area contributed by atoms with Crippen LogP contribution in [0.5, 0.6) is 11.5 Å². The Balaban J connectivity index is 1.77. The zero-order valence-electron chi connectivity index (χ0n) is 15.2. The van der Waals surface area contributed by atoms with Crippen LogP contribution in [0.3, 0.4) is 0 Å². The molecule has 4 aromatic carbocycles. The van der Waals surface area contributed by atoms with Gasteiger partial charge in [-0.15, -0.1) is 0 Å². The molecule has 0 bridgehead atoms. The zero-order valence-corrected chi connectivity index (χ0v) is 15.2. The number of benzene rings is 4. The quantitative estimate of drug-likeness (QED) is 0.375. The maximum absolute atomic E-state index is 12.8. The summed E-state index contributed by atoms with van der Waals surface area (Å²) in [4.78, 5) is 12.8. The van der Waals surface area contributed by atoms with E-state index >= 15 is 0 Å². The Hall–Kier alpha value is -3.59. The lowest BCUT2D eigenvalue weighted by molar-refractivity contribution is 0.0225. The molecule has 0 radical (unpaired) electrons. The summed E-state index contributed by atoms with van der Waals surface area (Å²) in [6, 6.07) is 25.8. The van der Waals surface area contributed by atoms with Crippen LogP contribution >= 0.6 is 0 Å². The SMILES string of the molecule is Cc1ccc2c3c(ccc2c1)C1(OC(=O)c2ccccc21)c1ccccc1O3. The van der Waals surface area contributed by atoms with Gasteiger partial charge in [-0.1, -0.05) is 66.2 Å². The minimum atomic E-state index is -0.989. The summed E-state index contributed by atoms with van der Waals surface area (Å²) in [6.45, 7) is 2.07. The molecule has 1 atom stereocenters. The molecule has 3 nitrogen and oxygen atoms in total. The molecule has 6 rings (SSSR count). The van der Waals surface area contributed by atoms with Gasteiger partial charge in [0.05, 0.1) is 5.56 Å². The van der Waals surface area contributed by atoms with Crippen LogP contribution in [0.15, 0.2) is 78.9 Å². The van der Waals surface area contributed by atoms with E-state index in [0.717, 1.165) is 33.2 Å². The standard InChI is InChI=1S/C25H16O3/c1-15-10-12-17-16(14-15)11-13-21-23(17)27-22-9-5-4-8-20(22)25(21)19-7-3-2-6-18(19)24(26)28-25/h2-14H,1H3. The smallest absolute Gasteiger partial charge is 0.340 e. The fourth-order valence-corrected chi connectivity index (χ4v) is 4.53. The molecule has 0 aromatic heterocycles. The van der Waals surface area contributed by atoms with Gasteiger partial charge in [-0.05, 0) is 30.5 Å². The van der Waals surface area contributed by atoms with Gasteiger partial charge in [-0.2, -0.15) is 0 Å². The van der Waals surface area contributed by atoms with Crippen LogP contribution in [0.25, 0.3) is 10.8 Å². The summed E-state index contributed by atoms with van der Waals surface area (Å²) < 4.78 is 12.5. The summed E-state index contributed by atoms with van der Waals surface area (Å²) in [5.74, 6) is 1.16. The number of fused-ring (bicyclic) bond motifs is 8. The van der Waals surface area contributed by atoms with Crippen LogP contribution in [0, 0.1) is 6.92 Å². The second kappa shape index (κ2) is 5.23. The minimum absolute atomic E-state index is 0.303. The first-order chi connectivity index (χ1) is 13.7. The maximum Gasteiger partial charge on any atom is 0.340 e. The Kier molecular flexibility index (Phi) is 2.89. The summed E-state index contributed by atoms with van der Waals surface area (Å²) in [5, 5.41) is 2.11. The van der Waals surface area contributed by atoms with Crippen LogP contribution in [0.2, 0.25) is 0 Å². The van der Waals surface area contributed by atoms with E-state index in [1.807, 2.05) is 54.6 Å². The molecule has 0 aliphatic carbocycles. The van der Waals surface area contributed by atoms with Crippen LogP contribution < -0.4 is 4.74 Å². The molecule has 0 saturated heterocycles. The Bertz CT molecular complexity index is 1300. The number of carbonyl (C=O) groups is 1. The molecular formula is C25H16O3. The Morgan fingerprint density at radius 2 is 1.57 bits per heavy atom. The number of rotatable bonds is 0. The first-order valence-corrected chi connectivity index (χ1v) is 9.32. The van der Waals surface area contributed by atoms with Crippen molar-refractivity contribution >= 4 is 16.7 Å². The third-order valence-electron chi connectivity index (χ3n) is 5.76. The van der Waals surface area contributed by atoms with Gasteiger partial charge in [-0.25, -0.2) is 4.79 Å². The lowest BCUT2D eigenvalue weighted by Crippen LogP contribution is -2.33. The van der Waals surface area contributed by atoms with Gasteiger partial charge < -0.3 is 9.47 Å². The second-order valence-electron chi connectivity index (χ2n) is 7.38. The fraction of sp³-hybridized carbons (Fsp3) is 0.0800. The van der Waals surface area contributed by atoms with Crippen molar-refractivity contribution in [1.82, 2.24) is 0 Å². The van der Waals surface area contributed by atoms with Crippen molar-refractivity contribution in [2.75, 3.05) is 0 Å². The maximum atomic E-state index is 12.8. The lowest BCUT2D eigenvalue weighted by Gasteiger charge is -2.37. The average molecular weight is 364 g/mol. The van der Waals surface area contributed by atoms with Gasteiger partial charge in [0.1, 0.15) is 11.5 Å². The van der Waals surface area contributed by atoms with E-state index in [1.54, 1.807) is 0 Å².